The fraction of sp³-hybridized carbons (Fsp3) is 0.524. The van der Waals surface area contributed by atoms with E-state index in [4.69, 9.17) is 4.74 Å². The maximum atomic E-state index is 12.8. The van der Waals surface area contributed by atoms with Crippen LogP contribution in [-0.2, 0) is 24.7 Å². The standard InChI is InChI=1S/C21H27N3O5/c1-14-8-6-7-11-16(14)22-17(25)13-29-18(26)12-24-19(27)21(2,23-20(24)28)15-9-4-3-5-10-15/h3-5,9-10,14,16H,6-8,11-13H2,1-2H3,(H,22,25)(H,23,28)/t14-,16+,21+/m0/s1. The van der Waals surface area contributed by atoms with Crippen molar-refractivity contribution < 1.29 is 23.9 Å². The molecule has 1 saturated carbocycles. The predicted octanol–water partition coefficient (Wildman–Crippen LogP) is 1.69. The molecule has 0 aromatic heterocycles. The number of hydrogen-bond donors (Lipinski definition) is 2. The van der Waals surface area contributed by atoms with Crippen LogP contribution in [0.2, 0.25) is 0 Å². The number of benzene rings is 1. The van der Waals surface area contributed by atoms with Gasteiger partial charge in [-0.25, -0.2) is 4.79 Å². The van der Waals surface area contributed by atoms with E-state index in [1.165, 1.54) is 0 Å². The second-order valence-corrected chi connectivity index (χ2v) is 7.91. The third-order valence-electron chi connectivity index (χ3n) is 5.74. The van der Waals surface area contributed by atoms with E-state index in [9.17, 15) is 19.2 Å². The van der Waals surface area contributed by atoms with Gasteiger partial charge in [-0.3, -0.25) is 19.3 Å². The van der Waals surface area contributed by atoms with Crippen molar-refractivity contribution in [2.24, 2.45) is 5.92 Å². The Labute approximate surface area is 170 Å². The molecule has 0 spiro atoms. The Morgan fingerprint density at radius 3 is 2.59 bits per heavy atom. The predicted molar refractivity (Wildman–Crippen MR) is 105 cm³/mol. The number of urea groups is 1. The van der Waals surface area contributed by atoms with Crippen LogP contribution in [0.1, 0.15) is 45.1 Å². The minimum atomic E-state index is -1.24. The summed E-state index contributed by atoms with van der Waals surface area (Å²) < 4.78 is 4.99. The number of imide groups is 1. The van der Waals surface area contributed by atoms with Crippen molar-refractivity contribution in [1.82, 2.24) is 15.5 Å². The lowest BCUT2D eigenvalue weighted by Crippen LogP contribution is -2.44. The third kappa shape index (κ3) is 4.58. The largest absolute Gasteiger partial charge is 0.454 e. The summed E-state index contributed by atoms with van der Waals surface area (Å²) in [6.07, 6.45) is 4.22. The fourth-order valence-electron chi connectivity index (χ4n) is 3.91. The molecule has 3 rings (SSSR count). The Kier molecular flexibility index (Phi) is 6.20. The zero-order valence-corrected chi connectivity index (χ0v) is 16.8. The van der Waals surface area contributed by atoms with Crippen LogP contribution >= 0.6 is 0 Å². The minimum absolute atomic E-state index is 0.0902. The average Bonchev–Trinajstić information content (AvgIpc) is 2.93. The Morgan fingerprint density at radius 1 is 1.21 bits per heavy atom. The van der Waals surface area contributed by atoms with Gasteiger partial charge < -0.3 is 15.4 Å². The van der Waals surface area contributed by atoms with Gasteiger partial charge in [0.2, 0.25) is 0 Å². The van der Waals surface area contributed by atoms with Gasteiger partial charge in [0.05, 0.1) is 0 Å². The van der Waals surface area contributed by atoms with Crippen LogP contribution in [0.5, 0.6) is 0 Å². The highest BCUT2D eigenvalue weighted by Gasteiger charge is 2.49. The molecule has 156 valence electrons. The molecule has 4 amide bonds. The molecule has 0 unspecified atom stereocenters. The molecule has 2 fully saturated rings. The van der Waals surface area contributed by atoms with Crippen LogP contribution < -0.4 is 10.6 Å². The molecule has 1 aromatic rings. The first-order valence-electron chi connectivity index (χ1n) is 9.96. The van der Waals surface area contributed by atoms with E-state index in [-0.39, 0.29) is 11.9 Å². The molecule has 2 aliphatic rings. The molecule has 1 saturated heterocycles. The fourth-order valence-corrected chi connectivity index (χ4v) is 3.91. The molecular weight excluding hydrogens is 374 g/mol. The quantitative estimate of drug-likeness (QED) is 0.558. The number of carbonyl (C=O) groups is 4. The van der Waals surface area contributed by atoms with E-state index < -0.39 is 36.6 Å². The molecule has 8 nitrogen and oxygen atoms in total. The summed E-state index contributed by atoms with van der Waals surface area (Å²) in [5, 5.41) is 5.52. The van der Waals surface area contributed by atoms with Crippen molar-refractivity contribution in [3.8, 4) is 0 Å². The number of esters is 1. The van der Waals surface area contributed by atoms with Crippen molar-refractivity contribution in [2.75, 3.05) is 13.2 Å². The summed E-state index contributed by atoms with van der Waals surface area (Å²) in [5.41, 5.74) is -0.622. The highest BCUT2D eigenvalue weighted by Crippen LogP contribution is 2.28. The number of ether oxygens (including phenoxy) is 1. The topological polar surface area (TPSA) is 105 Å². The van der Waals surface area contributed by atoms with Gasteiger partial charge in [0, 0.05) is 6.04 Å². The van der Waals surface area contributed by atoms with Crippen molar-refractivity contribution >= 4 is 23.8 Å². The molecular formula is C21H27N3O5. The van der Waals surface area contributed by atoms with Crippen LogP contribution in [0, 0.1) is 5.92 Å². The summed E-state index contributed by atoms with van der Waals surface area (Å²) in [6, 6.07) is 8.23. The van der Waals surface area contributed by atoms with Crippen LogP contribution in [0.3, 0.4) is 0 Å². The van der Waals surface area contributed by atoms with Gasteiger partial charge in [-0.15, -0.1) is 0 Å². The highest BCUT2D eigenvalue weighted by molar-refractivity contribution is 6.08. The van der Waals surface area contributed by atoms with E-state index in [2.05, 4.69) is 17.6 Å². The highest BCUT2D eigenvalue weighted by atomic mass is 16.5. The summed E-state index contributed by atoms with van der Waals surface area (Å²) in [6.45, 7) is 2.71. The van der Waals surface area contributed by atoms with Crippen LogP contribution in [0.25, 0.3) is 0 Å². The van der Waals surface area contributed by atoms with Crippen LogP contribution in [0.4, 0.5) is 4.79 Å². The second-order valence-electron chi connectivity index (χ2n) is 7.91. The maximum absolute atomic E-state index is 12.8. The normalized spacial score (nSPS) is 26.8. The molecule has 3 atom stereocenters. The lowest BCUT2D eigenvalue weighted by atomic mass is 9.86. The Balaban J connectivity index is 1.52. The van der Waals surface area contributed by atoms with Crippen molar-refractivity contribution in [1.29, 1.82) is 0 Å². The summed E-state index contributed by atoms with van der Waals surface area (Å²) in [4.78, 5) is 50.0. The van der Waals surface area contributed by atoms with Gasteiger partial charge in [-0.1, -0.05) is 50.1 Å². The monoisotopic (exact) mass is 401 g/mol. The smallest absolute Gasteiger partial charge is 0.326 e. The number of nitrogens with one attached hydrogen (secondary N) is 2. The molecule has 0 radical (unpaired) electrons. The van der Waals surface area contributed by atoms with Crippen LogP contribution in [-0.4, -0.2) is 47.9 Å². The van der Waals surface area contributed by atoms with Crippen molar-refractivity contribution in [2.45, 2.75) is 51.1 Å². The van der Waals surface area contributed by atoms with Gasteiger partial charge in [0.25, 0.3) is 11.8 Å². The number of nitrogens with zero attached hydrogens (tertiary/aromatic N) is 1. The van der Waals surface area contributed by atoms with Crippen LogP contribution in [0.15, 0.2) is 30.3 Å². The molecule has 1 aliphatic heterocycles. The molecule has 2 N–H and O–H groups in total. The molecule has 0 bridgehead atoms. The molecule has 8 heteroatoms. The molecule has 29 heavy (non-hydrogen) atoms. The number of hydrogen-bond acceptors (Lipinski definition) is 5. The SMILES string of the molecule is C[C@H]1CCCC[C@H]1NC(=O)COC(=O)CN1C(=O)N[C@](C)(c2ccccc2)C1=O. The van der Waals surface area contributed by atoms with Gasteiger partial charge in [0.15, 0.2) is 6.61 Å². The number of amides is 4. The molecule has 1 aromatic carbocycles. The molecule has 1 heterocycles. The number of rotatable bonds is 6. The maximum Gasteiger partial charge on any atom is 0.326 e. The minimum Gasteiger partial charge on any atom is -0.454 e. The van der Waals surface area contributed by atoms with E-state index in [1.54, 1.807) is 31.2 Å². The first-order chi connectivity index (χ1) is 13.8. The van der Waals surface area contributed by atoms with Crippen molar-refractivity contribution in [3.05, 3.63) is 35.9 Å². The summed E-state index contributed by atoms with van der Waals surface area (Å²) in [5.74, 6) is -1.32. The lowest BCUT2D eigenvalue weighted by molar-refractivity contribution is -0.151. The van der Waals surface area contributed by atoms with E-state index in [1.807, 2.05) is 6.07 Å². The number of carbonyl (C=O) groups excluding carboxylic acids is 4. The van der Waals surface area contributed by atoms with Gasteiger partial charge in [0.1, 0.15) is 12.1 Å². The van der Waals surface area contributed by atoms with E-state index >= 15 is 0 Å². The molecule has 1 aliphatic carbocycles. The van der Waals surface area contributed by atoms with Gasteiger partial charge in [-0.05, 0) is 31.2 Å². The lowest BCUT2D eigenvalue weighted by Gasteiger charge is -2.29. The average molecular weight is 401 g/mol. The summed E-state index contributed by atoms with van der Waals surface area (Å²) in [7, 11) is 0. The Morgan fingerprint density at radius 2 is 1.90 bits per heavy atom. The zero-order chi connectivity index (χ0) is 21.0. The zero-order valence-electron chi connectivity index (χ0n) is 16.8. The van der Waals surface area contributed by atoms with Gasteiger partial charge in [-0.2, -0.15) is 0 Å². The Hall–Kier alpha value is -2.90. The van der Waals surface area contributed by atoms with Crippen molar-refractivity contribution in [3.63, 3.8) is 0 Å². The first kappa shape index (κ1) is 20.8. The second kappa shape index (κ2) is 8.63. The Bertz CT molecular complexity index is 797. The first-order valence-corrected chi connectivity index (χ1v) is 9.96. The van der Waals surface area contributed by atoms with E-state index in [0.29, 0.717) is 11.5 Å². The van der Waals surface area contributed by atoms with Gasteiger partial charge >= 0.3 is 12.0 Å². The summed E-state index contributed by atoms with van der Waals surface area (Å²) >= 11 is 0. The van der Waals surface area contributed by atoms with E-state index in [0.717, 1.165) is 30.6 Å². The third-order valence-corrected chi connectivity index (χ3v) is 5.74.